The molecule has 0 saturated carbocycles. The molecule has 1 fully saturated rings. The second-order valence-electron chi connectivity index (χ2n) is 5.72. The molecule has 0 radical (unpaired) electrons. The van der Waals surface area contributed by atoms with Crippen molar-refractivity contribution in [3.05, 3.63) is 47.4 Å². The first-order valence-corrected chi connectivity index (χ1v) is 8.04. The van der Waals surface area contributed by atoms with Gasteiger partial charge in [-0.3, -0.25) is 0 Å². The zero-order chi connectivity index (χ0) is 16.2. The minimum Gasteiger partial charge on any atom is -0.367 e. The highest BCUT2D eigenvalue weighted by Crippen LogP contribution is 2.24. The molecule has 1 aliphatic heterocycles. The van der Waals surface area contributed by atoms with Crippen LogP contribution in [0.15, 0.2) is 30.5 Å². The third-order valence-electron chi connectivity index (χ3n) is 4.29. The molecule has 0 spiro atoms. The average molecular weight is 307 g/mol. The van der Waals surface area contributed by atoms with E-state index in [0.717, 1.165) is 55.5 Å². The molecule has 0 amide bonds. The van der Waals surface area contributed by atoms with E-state index in [9.17, 15) is 5.26 Å². The first-order valence-electron chi connectivity index (χ1n) is 8.04. The molecule has 0 bridgehead atoms. The first-order chi connectivity index (χ1) is 11.2. The van der Waals surface area contributed by atoms with Crippen LogP contribution in [-0.2, 0) is 6.42 Å². The largest absolute Gasteiger partial charge is 0.367 e. The van der Waals surface area contributed by atoms with Crippen LogP contribution in [0.1, 0.15) is 23.9 Å². The Bertz CT molecular complexity index is 726. The zero-order valence-electron chi connectivity index (χ0n) is 13.7. The van der Waals surface area contributed by atoms with Crippen molar-refractivity contribution in [2.75, 3.05) is 36.0 Å². The number of hydrogen-bond acceptors (Lipinski definition) is 5. The van der Waals surface area contributed by atoms with E-state index in [1.807, 2.05) is 37.4 Å². The van der Waals surface area contributed by atoms with E-state index >= 15 is 0 Å². The fourth-order valence-electron chi connectivity index (χ4n) is 3.01. The lowest BCUT2D eigenvalue weighted by atomic mass is 10.1. The number of rotatable bonds is 3. The Labute approximate surface area is 137 Å². The Kier molecular flexibility index (Phi) is 4.42. The molecule has 118 valence electrons. The second kappa shape index (κ2) is 6.66. The van der Waals surface area contributed by atoms with Gasteiger partial charge in [-0.1, -0.05) is 19.1 Å². The van der Waals surface area contributed by atoms with Gasteiger partial charge >= 0.3 is 0 Å². The predicted octanol–water partition coefficient (Wildman–Crippen LogP) is 2.55. The van der Waals surface area contributed by atoms with E-state index in [-0.39, 0.29) is 0 Å². The number of piperazine rings is 1. The fraction of sp³-hybridized carbons (Fsp3) is 0.389. The molecule has 5 heteroatoms. The minimum absolute atomic E-state index is 0.744. The van der Waals surface area contributed by atoms with Gasteiger partial charge in [0.15, 0.2) is 0 Å². The number of para-hydroxylation sites is 1. The van der Waals surface area contributed by atoms with Crippen LogP contribution in [0.5, 0.6) is 0 Å². The van der Waals surface area contributed by atoms with Crippen molar-refractivity contribution in [3.63, 3.8) is 0 Å². The van der Waals surface area contributed by atoms with Gasteiger partial charge < -0.3 is 9.80 Å². The summed E-state index contributed by atoms with van der Waals surface area (Å²) < 4.78 is 0. The minimum atomic E-state index is 0.744. The molecule has 3 rings (SSSR count). The third-order valence-corrected chi connectivity index (χ3v) is 4.29. The molecule has 0 N–H and O–H groups in total. The SMILES string of the molecule is CCc1cnc(C)nc1N1CCN(c2ccccc2C#N)CC1. The van der Waals surface area contributed by atoms with E-state index in [2.05, 4.69) is 32.8 Å². The molecule has 0 aliphatic carbocycles. The highest BCUT2D eigenvalue weighted by molar-refractivity contribution is 5.60. The summed E-state index contributed by atoms with van der Waals surface area (Å²) >= 11 is 0. The molecular formula is C18H21N5. The van der Waals surface area contributed by atoms with Crippen LogP contribution in [0.25, 0.3) is 0 Å². The summed E-state index contributed by atoms with van der Waals surface area (Å²) in [5.74, 6) is 1.88. The zero-order valence-corrected chi connectivity index (χ0v) is 13.7. The number of aryl methyl sites for hydroxylation is 2. The number of aromatic nitrogens is 2. The maximum atomic E-state index is 9.27. The normalized spacial score (nSPS) is 14.7. The summed E-state index contributed by atoms with van der Waals surface area (Å²) in [6.45, 7) is 7.67. The molecule has 0 unspecified atom stereocenters. The summed E-state index contributed by atoms with van der Waals surface area (Å²) in [5, 5.41) is 9.27. The Morgan fingerprint density at radius 2 is 1.83 bits per heavy atom. The lowest BCUT2D eigenvalue weighted by molar-refractivity contribution is 0.642. The highest BCUT2D eigenvalue weighted by atomic mass is 15.3. The average Bonchev–Trinajstić information content (AvgIpc) is 2.62. The van der Waals surface area contributed by atoms with Gasteiger partial charge in [0.05, 0.1) is 11.3 Å². The number of nitrogens with zero attached hydrogens (tertiary/aromatic N) is 5. The molecule has 2 heterocycles. The van der Waals surface area contributed by atoms with Crippen LogP contribution in [0.2, 0.25) is 0 Å². The van der Waals surface area contributed by atoms with E-state index in [4.69, 9.17) is 0 Å². The first kappa shape index (κ1) is 15.3. The van der Waals surface area contributed by atoms with Crippen LogP contribution in [0.4, 0.5) is 11.5 Å². The lowest BCUT2D eigenvalue weighted by Crippen LogP contribution is -2.47. The lowest BCUT2D eigenvalue weighted by Gasteiger charge is -2.37. The summed E-state index contributed by atoms with van der Waals surface area (Å²) in [4.78, 5) is 13.6. The number of anilines is 2. The van der Waals surface area contributed by atoms with Crippen molar-refractivity contribution in [2.45, 2.75) is 20.3 Å². The summed E-state index contributed by atoms with van der Waals surface area (Å²) in [7, 11) is 0. The van der Waals surface area contributed by atoms with E-state index < -0.39 is 0 Å². The molecule has 23 heavy (non-hydrogen) atoms. The maximum Gasteiger partial charge on any atom is 0.135 e. The van der Waals surface area contributed by atoms with Crippen LogP contribution in [0, 0.1) is 18.3 Å². The molecule has 2 aromatic rings. The van der Waals surface area contributed by atoms with Crippen molar-refractivity contribution >= 4 is 11.5 Å². The third kappa shape index (κ3) is 3.11. The van der Waals surface area contributed by atoms with Gasteiger partial charge in [-0.05, 0) is 25.5 Å². The van der Waals surface area contributed by atoms with E-state index in [0.29, 0.717) is 0 Å². The van der Waals surface area contributed by atoms with Crippen LogP contribution in [0.3, 0.4) is 0 Å². The van der Waals surface area contributed by atoms with Crippen LogP contribution >= 0.6 is 0 Å². The van der Waals surface area contributed by atoms with Crippen molar-refractivity contribution in [1.82, 2.24) is 9.97 Å². The molecule has 1 saturated heterocycles. The van der Waals surface area contributed by atoms with Gasteiger partial charge in [-0.2, -0.15) is 5.26 Å². The molecule has 0 atom stereocenters. The Balaban J connectivity index is 1.77. The van der Waals surface area contributed by atoms with Gasteiger partial charge in [0.2, 0.25) is 0 Å². The summed E-state index contributed by atoms with van der Waals surface area (Å²) in [5.41, 5.74) is 2.97. The Hall–Kier alpha value is -2.61. The van der Waals surface area contributed by atoms with Gasteiger partial charge in [0, 0.05) is 37.9 Å². The molecule has 1 aromatic heterocycles. The van der Waals surface area contributed by atoms with Gasteiger partial charge in [-0.25, -0.2) is 9.97 Å². The predicted molar refractivity (Wildman–Crippen MR) is 91.7 cm³/mol. The summed E-state index contributed by atoms with van der Waals surface area (Å²) in [6.07, 6.45) is 2.88. The van der Waals surface area contributed by atoms with Crippen molar-refractivity contribution < 1.29 is 0 Å². The topological polar surface area (TPSA) is 56.1 Å². The highest BCUT2D eigenvalue weighted by Gasteiger charge is 2.21. The maximum absolute atomic E-state index is 9.27. The molecule has 5 nitrogen and oxygen atoms in total. The number of nitriles is 1. The van der Waals surface area contributed by atoms with Crippen molar-refractivity contribution in [2.24, 2.45) is 0 Å². The van der Waals surface area contributed by atoms with Gasteiger partial charge in [0.25, 0.3) is 0 Å². The van der Waals surface area contributed by atoms with Crippen LogP contribution in [-0.4, -0.2) is 36.1 Å². The van der Waals surface area contributed by atoms with Gasteiger partial charge in [-0.15, -0.1) is 0 Å². The quantitative estimate of drug-likeness (QED) is 0.872. The Morgan fingerprint density at radius 1 is 1.13 bits per heavy atom. The number of benzene rings is 1. The van der Waals surface area contributed by atoms with Crippen molar-refractivity contribution in [3.8, 4) is 6.07 Å². The summed E-state index contributed by atoms with van der Waals surface area (Å²) in [6, 6.07) is 10.1. The fourth-order valence-corrected chi connectivity index (χ4v) is 3.01. The number of hydrogen-bond donors (Lipinski definition) is 0. The standard InChI is InChI=1S/C18H21N5/c1-3-15-13-20-14(2)21-18(15)23-10-8-22(9-11-23)17-7-5-4-6-16(17)12-19/h4-7,13H,3,8-11H2,1-2H3. The van der Waals surface area contributed by atoms with Crippen molar-refractivity contribution in [1.29, 1.82) is 5.26 Å². The smallest absolute Gasteiger partial charge is 0.135 e. The van der Waals surface area contributed by atoms with Crippen LogP contribution < -0.4 is 9.80 Å². The molecular weight excluding hydrogens is 286 g/mol. The van der Waals surface area contributed by atoms with Gasteiger partial charge in [0.1, 0.15) is 17.7 Å². The molecule has 1 aromatic carbocycles. The monoisotopic (exact) mass is 307 g/mol. The van der Waals surface area contributed by atoms with E-state index in [1.54, 1.807) is 0 Å². The second-order valence-corrected chi connectivity index (χ2v) is 5.72. The molecule has 1 aliphatic rings. The van der Waals surface area contributed by atoms with E-state index in [1.165, 1.54) is 5.56 Å². The Morgan fingerprint density at radius 3 is 2.52 bits per heavy atom.